The van der Waals surface area contributed by atoms with E-state index in [0.717, 1.165) is 31.0 Å². The summed E-state index contributed by atoms with van der Waals surface area (Å²) in [4.78, 5) is 6.76. The molecule has 1 aliphatic heterocycles. The van der Waals surface area contributed by atoms with E-state index in [2.05, 4.69) is 28.1 Å². The lowest BCUT2D eigenvalue weighted by Crippen LogP contribution is -2.25. The number of pyridine rings is 1. The number of hydrogen-bond acceptors (Lipinski definition) is 4. The van der Waals surface area contributed by atoms with Crippen LogP contribution < -0.4 is 9.47 Å². The van der Waals surface area contributed by atoms with Gasteiger partial charge in [0.2, 0.25) is 0 Å². The van der Waals surface area contributed by atoms with Gasteiger partial charge < -0.3 is 9.47 Å². The van der Waals surface area contributed by atoms with E-state index in [1.165, 1.54) is 24.0 Å². The second-order valence-corrected chi connectivity index (χ2v) is 5.92. The lowest BCUT2D eigenvalue weighted by Gasteiger charge is -2.25. The molecule has 1 aromatic heterocycles. The molecule has 0 N–H and O–H groups in total. The Morgan fingerprint density at radius 2 is 2.04 bits per heavy atom. The molecule has 2 aromatic rings. The van der Waals surface area contributed by atoms with Crippen LogP contribution >= 0.6 is 0 Å². The predicted octanol–water partition coefficient (Wildman–Crippen LogP) is 3.48. The minimum Gasteiger partial charge on any atom is -0.493 e. The zero-order chi connectivity index (χ0) is 16.1. The van der Waals surface area contributed by atoms with Gasteiger partial charge in [-0.1, -0.05) is 12.1 Å². The fourth-order valence-electron chi connectivity index (χ4n) is 3.35. The molecule has 4 nitrogen and oxygen atoms in total. The normalized spacial score (nSPS) is 18.1. The molecule has 1 fully saturated rings. The van der Waals surface area contributed by atoms with Gasteiger partial charge in [-0.25, -0.2) is 0 Å². The molecule has 0 amide bonds. The van der Waals surface area contributed by atoms with Gasteiger partial charge in [0.1, 0.15) is 0 Å². The summed E-state index contributed by atoms with van der Waals surface area (Å²) >= 11 is 0. The number of ether oxygens (including phenoxy) is 2. The fourth-order valence-corrected chi connectivity index (χ4v) is 3.35. The lowest BCUT2D eigenvalue weighted by atomic mass is 10.0. The number of nitrogens with zero attached hydrogens (tertiary/aromatic N) is 2. The van der Waals surface area contributed by atoms with Gasteiger partial charge >= 0.3 is 0 Å². The molecular weight excluding hydrogens is 288 g/mol. The van der Waals surface area contributed by atoms with E-state index in [9.17, 15) is 0 Å². The summed E-state index contributed by atoms with van der Waals surface area (Å²) in [7, 11) is 3.36. The summed E-state index contributed by atoms with van der Waals surface area (Å²) in [5.74, 6) is 1.60. The van der Waals surface area contributed by atoms with Gasteiger partial charge in [0.15, 0.2) is 11.5 Å². The largest absolute Gasteiger partial charge is 0.493 e. The molecule has 0 radical (unpaired) electrons. The van der Waals surface area contributed by atoms with Crippen LogP contribution in [0.5, 0.6) is 11.5 Å². The van der Waals surface area contributed by atoms with Gasteiger partial charge in [-0.05, 0) is 55.1 Å². The summed E-state index contributed by atoms with van der Waals surface area (Å²) in [5.41, 5.74) is 2.61. The van der Waals surface area contributed by atoms with Crippen molar-refractivity contribution in [1.82, 2.24) is 9.88 Å². The molecule has 0 unspecified atom stereocenters. The number of aromatic nitrogens is 1. The highest BCUT2D eigenvalue weighted by atomic mass is 16.5. The van der Waals surface area contributed by atoms with E-state index in [0.29, 0.717) is 6.04 Å². The van der Waals surface area contributed by atoms with E-state index in [-0.39, 0.29) is 0 Å². The van der Waals surface area contributed by atoms with E-state index in [4.69, 9.17) is 9.47 Å². The van der Waals surface area contributed by atoms with Crippen molar-refractivity contribution in [2.75, 3.05) is 27.3 Å². The fraction of sp³-hybridized carbons (Fsp3) is 0.421. The monoisotopic (exact) mass is 312 g/mol. The molecule has 1 atom stereocenters. The summed E-state index contributed by atoms with van der Waals surface area (Å²) < 4.78 is 10.8. The molecule has 0 spiro atoms. The minimum atomic E-state index is 0.464. The summed E-state index contributed by atoms with van der Waals surface area (Å²) in [6, 6.07) is 10.9. The predicted molar refractivity (Wildman–Crippen MR) is 91.0 cm³/mol. The van der Waals surface area contributed by atoms with Crippen molar-refractivity contribution in [3.8, 4) is 11.5 Å². The standard InChI is InChI=1S/C19H24N2O2/c1-22-18-8-7-16(13-19(18)23-2)17-6-4-11-21(17)12-9-15-5-3-10-20-14-15/h3,5,7-8,10,13-14,17H,4,6,9,11-12H2,1-2H3/t17-/m1/s1. The van der Waals surface area contributed by atoms with Crippen molar-refractivity contribution in [2.45, 2.75) is 25.3 Å². The second-order valence-electron chi connectivity index (χ2n) is 5.92. The molecule has 3 rings (SSSR count). The number of methoxy groups -OCH3 is 2. The molecule has 1 aliphatic rings. The van der Waals surface area contributed by atoms with Crippen molar-refractivity contribution in [1.29, 1.82) is 0 Å². The van der Waals surface area contributed by atoms with Crippen LogP contribution in [0.25, 0.3) is 0 Å². The van der Waals surface area contributed by atoms with Gasteiger partial charge in [0.05, 0.1) is 14.2 Å². The highest BCUT2D eigenvalue weighted by Gasteiger charge is 2.26. The molecule has 1 aromatic carbocycles. The van der Waals surface area contributed by atoms with E-state index in [1.54, 1.807) is 14.2 Å². The SMILES string of the molecule is COc1ccc([C@H]2CCCN2CCc2cccnc2)cc1OC. The summed E-state index contributed by atoms with van der Waals surface area (Å²) in [6.07, 6.45) is 7.26. The van der Waals surface area contributed by atoms with Crippen LogP contribution in [0.15, 0.2) is 42.7 Å². The summed E-state index contributed by atoms with van der Waals surface area (Å²) in [5, 5.41) is 0. The van der Waals surface area contributed by atoms with Crippen LogP contribution in [0.3, 0.4) is 0 Å². The van der Waals surface area contributed by atoms with Crippen molar-refractivity contribution in [2.24, 2.45) is 0 Å². The average molecular weight is 312 g/mol. The van der Waals surface area contributed by atoms with Gasteiger partial charge in [0, 0.05) is 25.0 Å². The highest BCUT2D eigenvalue weighted by Crippen LogP contribution is 2.36. The van der Waals surface area contributed by atoms with E-state index >= 15 is 0 Å². The maximum Gasteiger partial charge on any atom is 0.161 e. The maximum absolute atomic E-state index is 5.45. The molecule has 1 saturated heterocycles. The smallest absolute Gasteiger partial charge is 0.161 e. The Balaban J connectivity index is 1.71. The van der Waals surface area contributed by atoms with Crippen LogP contribution in [-0.4, -0.2) is 37.2 Å². The molecule has 2 heterocycles. The van der Waals surface area contributed by atoms with Crippen molar-refractivity contribution in [3.05, 3.63) is 53.9 Å². The van der Waals surface area contributed by atoms with Crippen LogP contribution in [0.1, 0.15) is 30.0 Å². The number of hydrogen-bond donors (Lipinski definition) is 0. The molecule has 122 valence electrons. The Hall–Kier alpha value is -2.07. The Kier molecular flexibility index (Phi) is 5.13. The van der Waals surface area contributed by atoms with Crippen molar-refractivity contribution in [3.63, 3.8) is 0 Å². The lowest BCUT2D eigenvalue weighted by molar-refractivity contribution is 0.259. The van der Waals surface area contributed by atoms with Crippen LogP contribution in [0.2, 0.25) is 0 Å². The van der Waals surface area contributed by atoms with Gasteiger partial charge in [-0.3, -0.25) is 9.88 Å². The zero-order valence-electron chi connectivity index (χ0n) is 13.9. The van der Waals surface area contributed by atoms with E-state index < -0.39 is 0 Å². The molecule has 0 bridgehead atoms. The van der Waals surface area contributed by atoms with E-state index in [1.807, 2.05) is 24.5 Å². The summed E-state index contributed by atoms with van der Waals surface area (Å²) in [6.45, 7) is 2.21. The first-order chi connectivity index (χ1) is 11.3. The van der Waals surface area contributed by atoms with Crippen LogP contribution in [-0.2, 0) is 6.42 Å². The van der Waals surface area contributed by atoms with Crippen molar-refractivity contribution >= 4 is 0 Å². The zero-order valence-corrected chi connectivity index (χ0v) is 13.9. The molecule has 4 heteroatoms. The average Bonchev–Trinajstić information content (AvgIpc) is 3.08. The third-order valence-electron chi connectivity index (χ3n) is 4.57. The number of likely N-dealkylation sites (tertiary alicyclic amines) is 1. The first kappa shape index (κ1) is 15.8. The second kappa shape index (κ2) is 7.47. The molecular formula is C19H24N2O2. The quantitative estimate of drug-likeness (QED) is 0.818. The van der Waals surface area contributed by atoms with Gasteiger partial charge in [-0.15, -0.1) is 0 Å². The Bertz CT molecular complexity index is 631. The van der Waals surface area contributed by atoms with Crippen LogP contribution in [0.4, 0.5) is 0 Å². The molecule has 23 heavy (non-hydrogen) atoms. The number of benzene rings is 1. The van der Waals surface area contributed by atoms with Gasteiger partial charge in [-0.2, -0.15) is 0 Å². The molecule has 0 saturated carbocycles. The maximum atomic E-state index is 5.45. The topological polar surface area (TPSA) is 34.6 Å². The number of rotatable bonds is 6. The van der Waals surface area contributed by atoms with Crippen molar-refractivity contribution < 1.29 is 9.47 Å². The first-order valence-corrected chi connectivity index (χ1v) is 8.16. The Morgan fingerprint density at radius 3 is 2.78 bits per heavy atom. The third-order valence-corrected chi connectivity index (χ3v) is 4.57. The minimum absolute atomic E-state index is 0.464. The molecule has 0 aliphatic carbocycles. The highest BCUT2D eigenvalue weighted by molar-refractivity contribution is 5.44. The van der Waals surface area contributed by atoms with Crippen LogP contribution in [0, 0.1) is 0 Å². The van der Waals surface area contributed by atoms with Gasteiger partial charge in [0.25, 0.3) is 0 Å². The Labute approximate surface area is 138 Å². The first-order valence-electron chi connectivity index (χ1n) is 8.16. The Morgan fingerprint density at radius 1 is 1.17 bits per heavy atom. The third kappa shape index (κ3) is 3.64.